The van der Waals surface area contributed by atoms with Gasteiger partial charge in [0, 0.05) is 12.3 Å². The third-order valence-corrected chi connectivity index (χ3v) is 2.20. The van der Waals surface area contributed by atoms with Crippen LogP contribution in [0, 0.1) is 17.5 Å². The van der Waals surface area contributed by atoms with Crippen LogP contribution in [0.5, 0.6) is 0 Å². The molecule has 0 aliphatic heterocycles. The molecule has 88 valence electrons. The van der Waals surface area contributed by atoms with Crippen molar-refractivity contribution in [3.63, 3.8) is 0 Å². The van der Waals surface area contributed by atoms with Gasteiger partial charge in [-0.15, -0.1) is 0 Å². The first kappa shape index (κ1) is 11.7. The van der Waals surface area contributed by atoms with Gasteiger partial charge in [-0.1, -0.05) is 11.6 Å². The van der Waals surface area contributed by atoms with Gasteiger partial charge in [0.05, 0.1) is 10.7 Å². The average Bonchev–Trinajstić information content (AvgIpc) is 2.27. The van der Waals surface area contributed by atoms with Crippen molar-refractivity contribution in [2.24, 2.45) is 0 Å². The van der Waals surface area contributed by atoms with E-state index in [0.29, 0.717) is 0 Å². The Balaban J connectivity index is 2.34. The Bertz CT molecular complexity index is 560. The minimum absolute atomic E-state index is 0.118. The maximum atomic E-state index is 13.3. The second-order valence-corrected chi connectivity index (χ2v) is 3.67. The van der Waals surface area contributed by atoms with Gasteiger partial charge in [-0.05, 0) is 18.2 Å². The Hall–Kier alpha value is -1.75. The molecule has 0 saturated carbocycles. The molecular weight excluding hydrogens is 253 g/mol. The number of halogens is 4. The van der Waals surface area contributed by atoms with Crippen molar-refractivity contribution in [3.05, 3.63) is 52.9 Å². The number of pyridine rings is 1. The number of rotatable bonds is 2. The van der Waals surface area contributed by atoms with Crippen LogP contribution in [0.4, 0.5) is 24.7 Å². The van der Waals surface area contributed by atoms with Crippen LogP contribution < -0.4 is 5.32 Å². The monoisotopic (exact) mass is 258 g/mol. The molecular formula is C11H6ClF3N2. The average molecular weight is 259 g/mol. The first-order valence-corrected chi connectivity index (χ1v) is 4.97. The summed E-state index contributed by atoms with van der Waals surface area (Å²) in [5.74, 6) is -2.31. The zero-order valence-electron chi connectivity index (χ0n) is 8.35. The predicted octanol–water partition coefficient (Wildman–Crippen LogP) is 3.90. The van der Waals surface area contributed by atoms with E-state index in [-0.39, 0.29) is 16.5 Å². The molecule has 1 aromatic heterocycles. The highest BCUT2D eigenvalue weighted by Crippen LogP contribution is 2.22. The third-order valence-electron chi connectivity index (χ3n) is 1.99. The van der Waals surface area contributed by atoms with Crippen molar-refractivity contribution >= 4 is 23.1 Å². The van der Waals surface area contributed by atoms with Gasteiger partial charge in [-0.2, -0.15) is 0 Å². The van der Waals surface area contributed by atoms with Crippen LogP contribution in [-0.4, -0.2) is 4.98 Å². The molecule has 0 atom stereocenters. The Morgan fingerprint density at radius 2 is 1.82 bits per heavy atom. The summed E-state index contributed by atoms with van der Waals surface area (Å²) in [5, 5.41) is 2.47. The summed E-state index contributed by atoms with van der Waals surface area (Å²) in [6, 6.07) is 3.83. The Morgan fingerprint density at radius 3 is 2.53 bits per heavy atom. The fraction of sp³-hybridized carbons (Fsp3) is 0. The van der Waals surface area contributed by atoms with E-state index in [2.05, 4.69) is 10.3 Å². The zero-order valence-corrected chi connectivity index (χ0v) is 9.10. The number of hydrogen-bond acceptors (Lipinski definition) is 2. The topological polar surface area (TPSA) is 24.9 Å². The molecule has 1 heterocycles. The Morgan fingerprint density at radius 1 is 1.06 bits per heavy atom. The minimum Gasteiger partial charge on any atom is -0.335 e. The lowest BCUT2D eigenvalue weighted by molar-refractivity contribution is 0.602. The van der Waals surface area contributed by atoms with Gasteiger partial charge in [-0.3, -0.25) is 0 Å². The molecule has 0 aliphatic carbocycles. The van der Waals surface area contributed by atoms with E-state index in [1.54, 1.807) is 0 Å². The van der Waals surface area contributed by atoms with Crippen LogP contribution >= 0.6 is 11.6 Å². The number of nitrogens with one attached hydrogen (secondary N) is 1. The highest BCUT2D eigenvalue weighted by molar-refractivity contribution is 6.30. The van der Waals surface area contributed by atoms with Gasteiger partial charge < -0.3 is 5.32 Å². The molecule has 0 amide bonds. The van der Waals surface area contributed by atoms with Crippen molar-refractivity contribution in [3.8, 4) is 0 Å². The summed E-state index contributed by atoms with van der Waals surface area (Å²) < 4.78 is 39.5. The highest BCUT2D eigenvalue weighted by Gasteiger charge is 2.09. The lowest BCUT2D eigenvalue weighted by Gasteiger charge is -2.07. The van der Waals surface area contributed by atoms with E-state index in [1.807, 2.05) is 0 Å². The molecule has 2 rings (SSSR count). The fourth-order valence-electron chi connectivity index (χ4n) is 1.23. The van der Waals surface area contributed by atoms with Gasteiger partial charge in [0.2, 0.25) is 0 Å². The second-order valence-electron chi connectivity index (χ2n) is 3.23. The van der Waals surface area contributed by atoms with Crippen LogP contribution in [0.1, 0.15) is 0 Å². The predicted molar refractivity (Wildman–Crippen MR) is 58.8 cm³/mol. The molecule has 1 N–H and O–H groups in total. The molecule has 17 heavy (non-hydrogen) atoms. The van der Waals surface area contributed by atoms with Crippen LogP contribution in [0.25, 0.3) is 0 Å². The van der Waals surface area contributed by atoms with Crippen molar-refractivity contribution in [1.82, 2.24) is 4.98 Å². The number of nitrogens with zero attached hydrogens (tertiary/aromatic N) is 1. The van der Waals surface area contributed by atoms with E-state index in [9.17, 15) is 13.2 Å². The van der Waals surface area contributed by atoms with E-state index < -0.39 is 17.5 Å². The first-order chi connectivity index (χ1) is 8.06. The highest BCUT2D eigenvalue weighted by atomic mass is 35.5. The van der Waals surface area contributed by atoms with Gasteiger partial charge in [0.25, 0.3) is 0 Å². The smallest absolute Gasteiger partial charge is 0.167 e. The normalized spacial score (nSPS) is 10.4. The van der Waals surface area contributed by atoms with Crippen molar-refractivity contribution < 1.29 is 13.2 Å². The summed E-state index contributed by atoms with van der Waals surface area (Å²) in [5.41, 5.74) is -0.196. The Labute approximate surface area is 100 Å². The SMILES string of the molecule is Fc1ccc(F)c(Nc2ncc(Cl)cc2F)c1. The van der Waals surface area contributed by atoms with Crippen LogP contribution in [-0.2, 0) is 0 Å². The number of benzene rings is 1. The molecule has 0 radical (unpaired) electrons. The zero-order chi connectivity index (χ0) is 12.4. The van der Waals surface area contributed by atoms with Gasteiger partial charge >= 0.3 is 0 Å². The molecule has 0 fully saturated rings. The summed E-state index contributed by atoms with van der Waals surface area (Å²) in [4.78, 5) is 3.64. The maximum Gasteiger partial charge on any atom is 0.167 e. The lowest BCUT2D eigenvalue weighted by atomic mass is 10.3. The lowest BCUT2D eigenvalue weighted by Crippen LogP contribution is -1.99. The largest absolute Gasteiger partial charge is 0.335 e. The number of hydrogen-bond donors (Lipinski definition) is 1. The summed E-state index contributed by atoms with van der Waals surface area (Å²) in [6.45, 7) is 0. The standard InChI is InChI=1S/C11H6ClF3N2/c12-6-3-9(15)11(16-5-6)17-10-4-7(13)1-2-8(10)14/h1-5H,(H,16,17). The Kier molecular flexibility index (Phi) is 3.19. The molecule has 6 heteroatoms. The molecule has 0 aliphatic rings. The molecule has 0 spiro atoms. The van der Waals surface area contributed by atoms with Crippen molar-refractivity contribution in [2.75, 3.05) is 5.32 Å². The van der Waals surface area contributed by atoms with Gasteiger partial charge in [0.1, 0.15) is 11.6 Å². The van der Waals surface area contributed by atoms with E-state index in [0.717, 1.165) is 24.3 Å². The van der Waals surface area contributed by atoms with E-state index >= 15 is 0 Å². The number of aromatic nitrogens is 1. The summed E-state index contributed by atoms with van der Waals surface area (Å²) in [6.07, 6.45) is 1.20. The molecule has 2 aromatic rings. The quantitative estimate of drug-likeness (QED) is 0.884. The number of anilines is 2. The van der Waals surface area contributed by atoms with Crippen LogP contribution in [0.15, 0.2) is 30.5 Å². The molecule has 0 unspecified atom stereocenters. The summed E-state index contributed by atoms with van der Waals surface area (Å²) in [7, 11) is 0. The van der Waals surface area contributed by atoms with Gasteiger partial charge in [0.15, 0.2) is 11.6 Å². The second kappa shape index (κ2) is 4.63. The van der Waals surface area contributed by atoms with Crippen molar-refractivity contribution in [2.45, 2.75) is 0 Å². The molecule has 0 saturated heterocycles. The van der Waals surface area contributed by atoms with E-state index in [1.165, 1.54) is 6.20 Å². The van der Waals surface area contributed by atoms with Crippen LogP contribution in [0.3, 0.4) is 0 Å². The fourth-order valence-corrected chi connectivity index (χ4v) is 1.37. The minimum atomic E-state index is -0.749. The third kappa shape index (κ3) is 2.68. The molecule has 0 bridgehead atoms. The first-order valence-electron chi connectivity index (χ1n) is 4.59. The van der Waals surface area contributed by atoms with E-state index in [4.69, 9.17) is 11.6 Å². The summed E-state index contributed by atoms with van der Waals surface area (Å²) >= 11 is 5.51. The van der Waals surface area contributed by atoms with Crippen LogP contribution in [0.2, 0.25) is 5.02 Å². The van der Waals surface area contributed by atoms with Gasteiger partial charge in [-0.25, -0.2) is 18.2 Å². The molecule has 2 nitrogen and oxygen atoms in total. The maximum absolute atomic E-state index is 13.3. The van der Waals surface area contributed by atoms with Crippen molar-refractivity contribution in [1.29, 1.82) is 0 Å². The molecule has 1 aromatic carbocycles.